The monoisotopic (exact) mass is 265 g/mol. The number of halogens is 2. The summed E-state index contributed by atoms with van der Waals surface area (Å²) in [5.74, 6) is -1.08. The van der Waals surface area contributed by atoms with Gasteiger partial charge in [-0.3, -0.25) is 0 Å². The Hall–Kier alpha value is -1.75. The molecule has 0 fully saturated rings. The summed E-state index contributed by atoms with van der Waals surface area (Å²) >= 11 is 0. The molecule has 0 spiro atoms. The van der Waals surface area contributed by atoms with Gasteiger partial charge in [0.25, 0.3) is 0 Å². The van der Waals surface area contributed by atoms with Gasteiger partial charge in [0.15, 0.2) is 5.82 Å². The van der Waals surface area contributed by atoms with Gasteiger partial charge in [-0.2, -0.15) is 5.10 Å². The SMILES string of the molecule is Cc1nn(-c2ccc(F)cc2F)c(C)c1C(C)CN. The maximum Gasteiger partial charge on any atom is 0.151 e. The first kappa shape index (κ1) is 13.7. The van der Waals surface area contributed by atoms with Crippen LogP contribution in [-0.2, 0) is 0 Å². The lowest BCUT2D eigenvalue weighted by atomic mass is 9.99. The Balaban J connectivity index is 2.58. The van der Waals surface area contributed by atoms with Crippen LogP contribution in [0.5, 0.6) is 0 Å². The Labute approximate surface area is 111 Å². The third kappa shape index (κ3) is 2.38. The molecule has 0 bridgehead atoms. The molecule has 1 aromatic heterocycles. The van der Waals surface area contributed by atoms with E-state index in [-0.39, 0.29) is 11.6 Å². The molecule has 0 aliphatic heterocycles. The van der Waals surface area contributed by atoms with Crippen molar-refractivity contribution in [3.63, 3.8) is 0 Å². The van der Waals surface area contributed by atoms with Gasteiger partial charge in [0, 0.05) is 17.3 Å². The van der Waals surface area contributed by atoms with Crippen molar-refractivity contribution in [2.45, 2.75) is 26.7 Å². The first-order chi connectivity index (χ1) is 8.95. The third-order valence-corrected chi connectivity index (χ3v) is 3.33. The summed E-state index contributed by atoms with van der Waals surface area (Å²) in [5, 5.41) is 4.34. The summed E-state index contributed by atoms with van der Waals surface area (Å²) in [6.45, 7) is 6.23. The van der Waals surface area contributed by atoms with Crippen LogP contribution in [0.4, 0.5) is 8.78 Å². The van der Waals surface area contributed by atoms with Gasteiger partial charge < -0.3 is 5.73 Å². The molecule has 0 saturated carbocycles. The number of hydrogen-bond acceptors (Lipinski definition) is 2. The average molecular weight is 265 g/mol. The van der Waals surface area contributed by atoms with Crippen molar-refractivity contribution in [2.75, 3.05) is 6.54 Å². The van der Waals surface area contributed by atoms with E-state index in [4.69, 9.17) is 5.73 Å². The predicted molar refractivity (Wildman–Crippen MR) is 70.4 cm³/mol. The van der Waals surface area contributed by atoms with Crippen LogP contribution in [0.15, 0.2) is 18.2 Å². The molecule has 0 aliphatic carbocycles. The number of nitrogens with two attached hydrogens (primary N) is 1. The molecule has 1 aromatic carbocycles. The highest BCUT2D eigenvalue weighted by Gasteiger charge is 2.19. The fourth-order valence-electron chi connectivity index (χ4n) is 2.37. The van der Waals surface area contributed by atoms with Crippen LogP contribution in [0, 0.1) is 25.5 Å². The Morgan fingerprint density at radius 3 is 2.58 bits per heavy atom. The van der Waals surface area contributed by atoms with E-state index < -0.39 is 11.6 Å². The number of rotatable bonds is 3. The molecule has 0 aliphatic rings. The van der Waals surface area contributed by atoms with Crippen LogP contribution in [0.25, 0.3) is 5.69 Å². The quantitative estimate of drug-likeness (QED) is 0.927. The molecule has 19 heavy (non-hydrogen) atoms. The van der Waals surface area contributed by atoms with Crippen molar-refractivity contribution < 1.29 is 8.78 Å². The summed E-state index contributed by atoms with van der Waals surface area (Å²) in [6.07, 6.45) is 0. The smallest absolute Gasteiger partial charge is 0.151 e. The summed E-state index contributed by atoms with van der Waals surface area (Å²) in [6, 6.07) is 3.47. The molecular weight excluding hydrogens is 248 g/mol. The fraction of sp³-hybridized carbons (Fsp3) is 0.357. The molecular formula is C14H17F2N3. The summed E-state index contributed by atoms with van der Waals surface area (Å²) in [7, 11) is 0. The van der Waals surface area contributed by atoms with Gasteiger partial charge in [-0.25, -0.2) is 13.5 Å². The van der Waals surface area contributed by atoms with E-state index in [9.17, 15) is 8.78 Å². The fourth-order valence-corrected chi connectivity index (χ4v) is 2.37. The minimum absolute atomic E-state index is 0.150. The summed E-state index contributed by atoms with van der Waals surface area (Å²) in [5.41, 5.74) is 8.60. The standard InChI is InChI=1S/C14H17F2N3/c1-8(7-17)14-9(2)18-19(10(14)3)13-5-4-11(15)6-12(13)16/h4-6,8H,7,17H2,1-3H3. The van der Waals surface area contributed by atoms with Crippen LogP contribution < -0.4 is 5.73 Å². The zero-order valence-electron chi connectivity index (χ0n) is 11.2. The van der Waals surface area contributed by atoms with Crippen molar-refractivity contribution in [3.05, 3.63) is 46.8 Å². The highest BCUT2D eigenvalue weighted by Crippen LogP contribution is 2.25. The molecule has 0 radical (unpaired) electrons. The summed E-state index contributed by atoms with van der Waals surface area (Å²) < 4.78 is 28.3. The molecule has 2 aromatic rings. The first-order valence-corrected chi connectivity index (χ1v) is 6.17. The van der Waals surface area contributed by atoms with E-state index in [0.717, 1.165) is 23.0 Å². The second kappa shape index (κ2) is 5.09. The van der Waals surface area contributed by atoms with E-state index >= 15 is 0 Å². The Morgan fingerprint density at radius 2 is 2.00 bits per heavy atom. The van der Waals surface area contributed by atoms with E-state index in [1.807, 2.05) is 20.8 Å². The lowest BCUT2D eigenvalue weighted by molar-refractivity contribution is 0.572. The zero-order chi connectivity index (χ0) is 14.2. The molecule has 0 amide bonds. The van der Waals surface area contributed by atoms with E-state index in [2.05, 4.69) is 5.10 Å². The summed E-state index contributed by atoms with van der Waals surface area (Å²) in [4.78, 5) is 0. The van der Waals surface area contributed by atoms with Gasteiger partial charge in [0.2, 0.25) is 0 Å². The highest BCUT2D eigenvalue weighted by atomic mass is 19.1. The van der Waals surface area contributed by atoms with E-state index in [1.165, 1.54) is 16.8 Å². The number of hydrogen-bond donors (Lipinski definition) is 1. The van der Waals surface area contributed by atoms with E-state index in [0.29, 0.717) is 6.54 Å². The lowest BCUT2D eigenvalue weighted by Gasteiger charge is -2.10. The van der Waals surface area contributed by atoms with Crippen molar-refractivity contribution in [2.24, 2.45) is 5.73 Å². The normalized spacial score (nSPS) is 12.7. The van der Waals surface area contributed by atoms with Crippen molar-refractivity contribution in [1.29, 1.82) is 0 Å². The number of aryl methyl sites for hydroxylation is 1. The van der Waals surface area contributed by atoms with Gasteiger partial charge in [-0.05, 0) is 38.4 Å². The first-order valence-electron chi connectivity index (χ1n) is 6.17. The topological polar surface area (TPSA) is 43.8 Å². The second-order valence-corrected chi connectivity index (χ2v) is 4.73. The maximum atomic E-state index is 13.8. The molecule has 5 heteroatoms. The van der Waals surface area contributed by atoms with Crippen LogP contribution >= 0.6 is 0 Å². The predicted octanol–water partition coefficient (Wildman–Crippen LogP) is 2.83. The van der Waals surface area contributed by atoms with Crippen LogP contribution in [0.1, 0.15) is 29.8 Å². The molecule has 1 unspecified atom stereocenters. The van der Waals surface area contributed by atoms with Gasteiger partial charge in [-0.1, -0.05) is 6.92 Å². The van der Waals surface area contributed by atoms with Crippen LogP contribution in [0.3, 0.4) is 0 Å². The number of nitrogens with zero attached hydrogens (tertiary/aromatic N) is 2. The average Bonchev–Trinajstić information content (AvgIpc) is 2.64. The molecule has 1 atom stereocenters. The molecule has 102 valence electrons. The third-order valence-electron chi connectivity index (χ3n) is 3.33. The van der Waals surface area contributed by atoms with Gasteiger partial charge in [0.05, 0.1) is 5.69 Å². The molecule has 3 nitrogen and oxygen atoms in total. The minimum atomic E-state index is -0.627. The molecule has 2 rings (SSSR count). The lowest BCUT2D eigenvalue weighted by Crippen LogP contribution is -2.11. The van der Waals surface area contributed by atoms with Crippen molar-refractivity contribution >= 4 is 0 Å². The van der Waals surface area contributed by atoms with Gasteiger partial charge >= 0.3 is 0 Å². The zero-order valence-corrected chi connectivity index (χ0v) is 11.2. The van der Waals surface area contributed by atoms with Gasteiger partial charge in [0.1, 0.15) is 11.5 Å². The second-order valence-electron chi connectivity index (χ2n) is 4.73. The van der Waals surface area contributed by atoms with E-state index in [1.54, 1.807) is 0 Å². The van der Waals surface area contributed by atoms with Crippen LogP contribution in [-0.4, -0.2) is 16.3 Å². The highest BCUT2D eigenvalue weighted by molar-refractivity contribution is 5.39. The molecule has 1 heterocycles. The van der Waals surface area contributed by atoms with Gasteiger partial charge in [-0.15, -0.1) is 0 Å². The Bertz CT molecular complexity index is 605. The van der Waals surface area contributed by atoms with Crippen molar-refractivity contribution in [3.8, 4) is 5.69 Å². The number of benzene rings is 1. The maximum absolute atomic E-state index is 13.8. The van der Waals surface area contributed by atoms with Crippen LogP contribution in [0.2, 0.25) is 0 Å². The minimum Gasteiger partial charge on any atom is -0.330 e. The van der Waals surface area contributed by atoms with Crippen molar-refractivity contribution in [1.82, 2.24) is 9.78 Å². The Kier molecular flexibility index (Phi) is 3.66. The molecule has 2 N–H and O–H groups in total. The molecule has 0 saturated heterocycles. The largest absolute Gasteiger partial charge is 0.330 e. The Morgan fingerprint density at radius 1 is 1.32 bits per heavy atom. The number of aromatic nitrogens is 2.